The second kappa shape index (κ2) is 7.76. The average molecular weight is 359 g/mol. The number of nitrogens with one attached hydrogen (secondary N) is 1. The number of carbonyl (C=O) groups excluding carboxylic acids is 1. The van der Waals surface area contributed by atoms with E-state index in [2.05, 4.69) is 15.5 Å². The Balaban J connectivity index is 1.81. The van der Waals surface area contributed by atoms with Gasteiger partial charge < -0.3 is 19.3 Å². The Bertz CT molecular complexity index is 768. The fourth-order valence-corrected chi connectivity index (χ4v) is 2.91. The first-order valence-electron chi connectivity index (χ1n) is 8.89. The third-order valence-corrected chi connectivity index (χ3v) is 4.79. The van der Waals surface area contributed by atoms with Gasteiger partial charge in [-0.05, 0) is 37.0 Å². The zero-order valence-corrected chi connectivity index (χ0v) is 15.6. The largest absolute Gasteiger partial charge is 0.493 e. The lowest BCUT2D eigenvalue weighted by Gasteiger charge is -2.27. The van der Waals surface area contributed by atoms with E-state index in [1.165, 1.54) is 0 Å². The van der Waals surface area contributed by atoms with Crippen LogP contribution >= 0.6 is 0 Å². The molecule has 26 heavy (non-hydrogen) atoms. The minimum atomic E-state index is -0.301. The molecule has 140 valence electrons. The molecule has 0 unspecified atom stereocenters. The Kier molecular flexibility index (Phi) is 5.44. The van der Waals surface area contributed by atoms with Crippen LogP contribution in [0.15, 0.2) is 22.7 Å². The van der Waals surface area contributed by atoms with E-state index < -0.39 is 0 Å². The SMILES string of the molecule is COc1ccc(-c2noc([C@H](NC(=O)C3CCC3)C(C)C)n2)cc1OC. The fourth-order valence-electron chi connectivity index (χ4n) is 2.91. The van der Waals surface area contributed by atoms with Gasteiger partial charge >= 0.3 is 0 Å². The molecule has 1 saturated carbocycles. The van der Waals surface area contributed by atoms with Crippen molar-refractivity contribution < 1.29 is 18.8 Å². The van der Waals surface area contributed by atoms with Gasteiger partial charge in [0.25, 0.3) is 0 Å². The number of hydrogen-bond acceptors (Lipinski definition) is 6. The second-order valence-corrected chi connectivity index (χ2v) is 6.88. The summed E-state index contributed by atoms with van der Waals surface area (Å²) in [4.78, 5) is 16.8. The van der Waals surface area contributed by atoms with Crippen LogP contribution in [0.25, 0.3) is 11.4 Å². The number of hydrogen-bond donors (Lipinski definition) is 1. The fraction of sp³-hybridized carbons (Fsp3) is 0.526. The lowest BCUT2D eigenvalue weighted by Crippen LogP contribution is -2.38. The van der Waals surface area contributed by atoms with Crippen molar-refractivity contribution in [2.24, 2.45) is 11.8 Å². The maximum Gasteiger partial charge on any atom is 0.249 e. The summed E-state index contributed by atoms with van der Waals surface area (Å²) < 4.78 is 16.0. The Labute approximate surface area is 153 Å². The quantitative estimate of drug-likeness (QED) is 0.816. The van der Waals surface area contributed by atoms with Gasteiger partial charge in [0.15, 0.2) is 11.5 Å². The predicted molar refractivity (Wildman–Crippen MR) is 95.9 cm³/mol. The van der Waals surface area contributed by atoms with Crippen LogP contribution < -0.4 is 14.8 Å². The van der Waals surface area contributed by atoms with Crippen molar-refractivity contribution in [1.29, 1.82) is 0 Å². The normalized spacial score (nSPS) is 15.4. The smallest absolute Gasteiger partial charge is 0.249 e. The molecule has 1 aliphatic carbocycles. The van der Waals surface area contributed by atoms with E-state index in [1.807, 2.05) is 19.9 Å². The van der Waals surface area contributed by atoms with Crippen LogP contribution in [0.5, 0.6) is 11.5 Å². The maximum atomic E-state index is 12.3. The lowest BCUT2D eigenvalue weighted by atomic mass is 9.84. The summed E-state index contributed by atoms with van der Waals surface area (Å²) in [5.41, 5.74) is 0.755. The van der Waals surface area contributed by atoms with E-state index in [0.29, 0.717) is 23.2 Å². The molecule has 7 nitrogen and oxygen atoms in total. The minimum absolute atomic E-state index is 0.0702. The summed E-state index contributed by atoms with van der Waals surface area (Å²) in [7, 11) is 3.16. The van der Waals surface area contributed by atoms with Crippen LogP contribution in [0.4, 0.5) is 0 Å². The van der Waals surface area contributed by atoms with Crippen molar-refractivity contribution in [3.63, 3.8) is 0 Å². The Morgan fingerprint density at radius 1 is 1.23 bits per heavy atom. The summed E-state index contributed by atoms with van der Waals surface area (Å²) >= 11 is 0. The standard InChI is InChI=1S/C19H25N3O4/c1-11(2)16(20-18(23)12-6-5-7-12)19-21-17(22-26-19)13-8-9-14(24-3)15(10-13)25-4/h8-12,16H,5-7H2,1-4H3,(H,20,23)/t16-/m1/s1. The molecule has 0 saturated heterocycles. The molecule has 2 aromatic rings. The Hall–Kier alpha value is -2.57. The summed E-state index contributed by atoms with van der Waals surface area (Å²) in [5, 5.41) is 7.13. The van der Waals surface area contributed by atoms with Gasteiger partial charge in [-0.3, -0.25) is 4.79 Å². The van der Waals surface area contributed by atoms with E-state index >= 15 is 0 Å². The highest BCUT2D eigenvalue weighted by molar-refractivity contribution is 5.79. The van der Waals surface area contributed by atoms with Crippen molar-refractivity contribution in [3.8, 4) is 22.9 Å². The van der Waals surface area contributed by atoms with Gasteiger partial charge in [0, 0.05) is 11.5 Å². The molecule has 0 aliphatic heterocycles. The van der Waals surface area contributed by atoms with Crippen molar-refractivity contribution in [3.05, 3.63) is 24.1 Å². The van der Waals surface area contributed by atoms with Gasteiger partial charge in [-0.2, -0.15) is 4.98 Å². The third-order valence-electron chi connectivity index (χ3n) is 4.79. The monoisotopic (exact) mass is 359 g/mol. The topological polar surface area (TPSA) is 86.5 Å². The third kappa shape index (κ3) is 3.66. The Morgan fingerprint density at radius 2 is 1.96 bits per heavy atom. The molecule has 1 aliphatic rings. The van der Waals surface area contributed by atoms with Gasteiger partial charge in [-0.25, -0.2) is 0 Å². The zero-order chi connectivity index (χ0) is 18.7. The van der Waals surface area contributed by atoms with Crippen molar-refractivity contribution in [1.82, 2.24) is 15.5 Å². The van der Waals surface area contributed by atoms with E-state index in [9.17, 15) is 4.79 Å². The van der Waals surface area contributed by atoms with Gasteiger partial charge in [0.05, 0.1) is 14.2 Å². The van der Waals surface area contributed by atoms with E-state index in [0.717, 1.165) is 24.8 Å². The van der Waals surface area contributed by atoms with Gasteiger partial charge in [0.2, 0.25) is 17.6 Å². The van der Waals surface area contributed by atoms with Gasteiger partial charge in [-0.15, -0.1) is 0 Å². The van der Waals surface area contributed by atoms with Crippen LogP contribution in [0, 0.1) is 11.8 Å². The molecular formula is C19H25N3O4. The Morgan fingerprint density at radius 3 is 2.54 bits per heavy atom. The molecule has 0 spiro atoms. The molecule has 3 rings (SSSR count). The number of nitrogens with zero attached hydrogens (tertiary/aromatic N) is 2. The van der Waals surface area contributed by atoms with Crippen LogP contribution in [0.3, 0.4) is 0 Å². The molecule has 1 aromatic heterocycles. The van der Waals surface area contributed by atoms with Crippen LogP contribution in [-0.4, -0.2) is 30.3 Å². The van der Waals surface area contributed by atoms with Gasteiger partial charge in [-0.1, -0.05) is 25.4 Å². The summed E-state index contributed by atoms with van der Waals surface area (Å²) in [6, 6.07) is 5.13. The maximum absolute atomic E-state index is 12.3. The number of ether oxygens (including phenoxy) is 2. The zero-order valence-electron chi connectivity index (χ0n) is 15.6. The van der Waals surface area contributed by atoms with Crippen molar-refractivity contribution in [2.45, 2.75) is 39.2 Å². The highest BCUT2D eigenvalue weighted by Gasteiger charge is 2.31. The molecule has 1 amide bonds. The number of rotatable bonds is 7. The van der Waals surface area contributed by atoms with E-state index in [-0.39, 0.29) is 23.8 Å². The summed E-state index contributed by atoms with van der Waals surface area (Å²) in [6.07, 6.45) is 3.03. The lowest BCUT2D eigenvalue weighted by molar-refractivity contribution is -0.128. The first kappa shape index (κ1) is 18.2. The molecule has 1 N–H and O–H groups in total. The van der Waals surface area contributed by atoms with Crippen LogP contribution in [0.2, 0.25) is 0 Å². The molecule has 1 aromatic carbocycles. The first-order valence-corrected chi connectivity index (χ1v) is 8.89. The summed E-state index contributed by atoms with van der Waals surface area (Å²) in [6.45, 7) is 4.04. The van der Waals surface area contributed by atoms with Crippen molar-refractivity contribution in [2.75, 3.05) is 14.2 Å². The van der Waals surface area contributed by atoms with E-state index in [1.54, 1.807) is 26.4 Å². The molecular weight excluding hydrogens is 334 g/mol. The molecule has 0 bridgehead atoms. The van der Waals surface area contributed by atoms with Crippen molar-refractivity contribution >= 4 is 5.91 Å². The number of amides is 1. The second-order valence-electron chi connectivity index (χ2n) is 6.88. The average Bonchev–Trinajstić information content (AvgIpc) is 3.06. The predicted octanol–water partition coefficient (Wildman–Crippen LogP) is 3.37. The summed E-state index contributed by atoms with van der Waals surface area (Å²) in [5.74, 6) is 2.41. The molecule has 1 heterocycles. The molecule has 0 radical (unpaired) electrons. The highest BCUT2D eigenvalue weighted by atomic mass is 16.5. The van der Waals surface area contributed by atoms with Crippen LogP contribution in [-0.2, 0) is 4.79 Å². The van der Waals surface area contributed by atoms with Crippen LogP contribution in [0.1, 0.15) is 45.0 Å². The molecule has 7 heteroatoms. The number of aromatic nitrogens is 2. The first-order chi connectivity index (χ1) is 12.5. The highest BCUT2D eigenvalue weighted by Crippen LogP contribution is 2.32. The minimum Gasteiger partial charge on any atom is -0.493 e. The van der Waals surface area contributed by atoms with Gasteiger partial charge in [0.1, 0.15) is 6.04 Å². The number of methoxy groups -OCH3 is 2. The van der Waals surface area contributed by atoms with E-state index in [4.69, 9.17) is 14.0 Å². The molecule has 1 atom stereocenters. The number of carbonyl (C=O) groups is 1. The molecule has 1 fully saturated rings. The number of benzene rings is 1.